The quantitative estimate of drug-likeness (QED) is 0.760. The third kappa shape index (κ3) is 3.77. The Morgan fingerprint density at radius 3 is 2.87 bits per heavy atom. The Labute approximate surface area is 182 Å². The van der Waals surface area contributed by atoms with E-state index in [2.05, 4.69) is 27.2 Å². The van der Waals surface area contributed by atoms with Crippen molar-refractivity contribution in [3.63, 3.8) is 0 Å². The summed E-state index contributed by atoms with van der Waals surface area (Å²) in [6, 6.07) is 11.9. The fourth-order valence-corrected chi connectivity index (χ4v) is 5.82. The van der Waals surface area contributed by atoms with Crippen LogP contribution in [0.1, 0.15) is 41.7 Å². The number of benzene rings is 1. The fraction of sp³-hybridized carbons (Fsp3) is 0.500. The summed E-state index contributed by atoms with van der Waals surface area (Å²) in [6.45, 7) is 1.34. The van der Waals surface area contributed by atoms with Gasteiger partial charge in [0.05, 0.1) is 7.11 Å². The average molecular weight is 421 g/mol. The predicted octanol–water partition coefficient (Wildman–Crippen LogP) is 2.57. The Morgan fingerprint density at radius 2 is 2.06 bits per heavy atom. The zero-order chi connectivity index (χ0) is 21.4. The third-order valence-electron chi connectivity index (χ3n) is 7.15. The third-order valence-corrected chi connectivity index (χ3v) is 7.15. The number of likely N-dealkylation sites (tertiary alicyclic amines) is 1. The van der Waals surface area contributed by atoms with E-state index in [1.807, 2.05) is 17.0 Å². The van der Waals surface area contributed by atoms with E-state index in [-0.39, 0.29) is 29.8 Å². The molecule has 0 N–H and O–H groups in total. The summed E-state index contributed by atoms with van der Waals surface area (Å²) >= 11 is 0. The lowest BCUT2D eigenvalue weighted by Gasteiger charge is -2.56. The van der Waals surface area contributed by atoms with Crippen LogP contribution in [0.25, 0.3) is 0 Å². The van der Waals surface area contributed by atoms with E-state index < -0.39 is 0 Å². The minimum absolute atomic E-state index is 0.0569. The van der Waals surface area contributed by atoms with E-state index >= 15 is 0 Å². The second-order valence-electron chi connectivity index (χ2n) is 8.96. The molecule has 3 saturated heterocycles. The van der Waals surface area contributed by atoms with Crippen LogP contribution < -0.4 is 4.74 Å². The number of hydrogen-bond acceptors (Lipinski definition) is 5. The zero-order valence-electron chi connectivity index (χ0n) is 17.8. The minimum Gasteiger partial charge on any atom is -0.497 e. The van der Waals surface area contributed by atoms with Gasteiger partial charge in [-0.15, -0.1) is 5.10 Å². The normalized spacial score (nSPS) is 27.6. The van der Waals surface area contributed by atoms with Gasteiger partial charge in [-0.25, -0.2) is 0 Å². The summed E-state index contributed by atoms with van der Waals surface area (Å²) in [5, 5.41) is 7.90. The predicted molar refractivity (Wildman–Crippen MR) is 115 cm³/mol. The van der Waals surface area contributed by atoms with Crippen LogP contribution in [0.15, 0.2) is 42.6 Å². The molecule has 0 saturated carbocycles. The summed E-state index contributed by atoms with van der Waals surface area (Å²) in [4.78, 5) is 30.3. The molecule has 2 aromatic rings. The van der Waals surface area contributed by atoms with E-state index in [1.165, 1.54) is 0 Å². The molecule has 0 spiro atoms. The van der Waals surface area contributed by atoms with Gasteiger partial charge in [-0.1, -0.05) is 12.1 Å². The molecule has 1 aromatic heterocycles. The number of carbonyl (C=O) groups is 2. The van der Waals surface area contributed by atoms with Crippen molar-refractivity contribution in [3.8, 4) is 5.75 Å². The first-order valence-corrected chi connectivity index (χ1v) is 11.1. The highest BCUT2D eigenvalue weighted by Crippen LogP contribution is 2.43. The molecular formula is C24H28N4O3. The second-order valence-corrected chi connectivity index (χ2v) is 8.96. The number of fused-ring (bicyclic) bond motifs is 4. The van der Waals surface area contributed by atoms with Crippen molar-refractivity contribution >= 4 is 11.8 Å². The maximum Gasteiger partial charge on any atom is 0.274 e. The first kappa shape index (κ1) is 20.0. The summed E-state index contributed by atoms with van der Waals surface area (Å²) in [5.41, 5.74) is 1.56. The van der Waals surface area contributed by atoms with Crippen molar-refractivity contribution in [1.82, 2.24) is 20.0 Å². The van der Waals surface area contributed by atoms with Crippen LogP contribution in [0.4, 0.5) is 0 Å². The Kier molecular flexibility index (Phi) is 5.34. The first-order chi connectivity index (χ1) is 15.1. The van der Waals surface area contributed by atoms with E-state index in [1.54, 1.807) is 25.4 Å². The fourth-order valence-electron chi connectivity index (χ4n) is 5.82. The van der Waals surface area contributed by atoms with Crippen molar-refractivity contribution in [2.24, 2.45) is 11.8 Å². The smallest absolute Gasteiger partial charge is 0.274 e. The van der Waals surface area contributed by atoms with Crippen LogP contribution in [-0.4, -0.2) is 64.1 Å². The highest BCUT2D eigenvalue weighted by molar-refractivity contribution is 5.92. The Bertz CT molecular complexity index is 966. The maximum absolute atomic E-state index is 13.1. The molecule has 2 amide bonds. The van der Waals surface area contributed by atoms with Crippen molar-refractivity contribution in [3.05, 3.63) is 53.9 Å². The summed E-state index contributed by atoms with van der Waals surface area (Å²) in [6.07, 6.45) is 6.01. The average Bonchev–Trinajstić information content (AvgIpc) is 2.82. The van der Waals surface area contributed by atoms with Crippen LogP contribution in [0.3, 0.4) is 0 Å². The molecule has 162 valence electrons. The van der Waals surface area contributed by atoms with E-state index in [9.17, 15) is 9.59 Å². The Hall–Kier alpha value is -2.96. The van der Waals surface area contributed by atoms with Gasteiger partial charge in [0, 0.05) is 37.8 Å². The van der Waals surface area contributed by atoms with Crippen LogP contribution in [-0.2, 0) is 11.2 Å². The number of nitrogens with zero attached hydrogens (tertiary/aromatic N) is 4. The van der Waals surface area contributed by atoms with Crippen LogP contribution in [0, 0.1) is 11.8 Å². The monoisotopic (exact) mass is 420 g/mol. The lowest BCUT2D eigenvalue weighted by molar-refractivity contribution is -0.151. The summed E-state index contributed by atoms with van der Waals surface area (Å²) in [5.74, 6) is 1.62. The van der Waals surface area contributed by atoms with Crippen LogP contribution in [0.5, 0.6) is 5.75 Å². The Balaban J connectivity index is 1.44. The molecule has 5 rings (SSSR count). The molecule has 1 aromatic carbocycles. The number of methoxy groups -OCH3 is 1. The molecule has 3 aliphatic heterocycles. The zero-order valence-corrected chi connectivity index (χ0v) is 17.8. The molecule has 3 aliphatic rings. The molecule has 7 heteroatoms. The van der Waals surface area contributed by atoms with Crippen molar-refractivity contribution in [1.29, 1.82) is 0 Å². The number of hydrogen-bond donors (Lipinski definition) is 0. The van der Waals surface area contributed by atoms with Crippen molar-refractivity contribution in [2.45, 2.75) is 44.2 Å². The van der Waals surface area contributed by atoms with Gasteiger partial charge in [-0.2, -0.15) is 5.10 Å². The van der Waals surface area contributed by atoms with Gasteiger partial charge in [-0.3, -0.25) is 9.59 Å². The number of amides is 2. The molecule has 0 unspecified atom stereocenters. The molecule has 31 heavy (non-hydrogen) atoms. The van der Waals surface area contributed by atoms with Crippen molar-refractivity contribution in [2.75, 3.05) is 20.2 Å². The first-order valence-electron chi connectivity index (χ1n) is 11.1. The van der Waals surface area contributed by atoms with Crippen molar-refractivity contribution < 1.29 is 14.3 Å². The van der Waals surface area contributed by atoms with Gasteiger partial charge in [0.25, 0.3) is 5.91 Å². The molecule has 4 atom stereocenters. The highest BCUT2D eigenvalue weighted by atomic mass is 16.5. The number of rotatable bonds is 4. The van der Waals surface area contributed by atoms with Crippen LogP contribution >= 0.6 is 0 Å². The van der Waals surface area contributed by atoms with Gasteiger partial charge in [0.1, 0.15) is 5.75 Å². The SMILES string of the molecule is COc1cccc(C[C@H]2[C@H]3C[C@H](CN(C(=O)c4cccnn4)C3)[C@@H]3CCCC(=O)N32)c1. The molecule has 2 bridgehead atoms. The standard InChI is InChI=1S/C24H28N4O3/c1-31-19-6-2-5-16(11-19)12-22-18-13-17(21-8-3-9-23(29)28(21)22)14-27(15-18)24(30)20-7-4-10-25-26-20/h2,4-7,10-11,17-18,21-22H,3,8-9,12-15H2,1H3/t17-,18+,21+,22+/m1/s1. The van der Waals surface area contributed by atoms with Gasteiger partial charge in [0.2, 0.25) is 5.91 Å². The second kappa shape index (κ2) is 8.29. The minimum atomic E-state index is -0.0569. The summed E-state index contributed by atoms with van der Waals surface area (Å²) in [7, 11) is 1.67. The number of carbonyl (C=O) groups excluding carboxylic acids is 2. The van der Waals surface area contributed by atoms with E-state index in [0.717, 1.165) is 37.0 Å². The summed E-state index contributed by atoms with van der Waals surface area (Å²) < 4.78 is 5.40. The van der Waals surface area contributed by atoms with E-state index in [0.29, 0.717) is 31.1 Å². The van der Waals surface area contributed by atoms with E-state index in [4.69, 9.17) is 4.74 Å². The van der Waals surface area contributed by atoms with Gasteiger partial charge < -0.3 is 14.5 Å². The molecular weight excluding hydrogens is 392 g/mol. The largest absolute Gasteiger partial charge is 0.497 e. The maximum atomic E-state index is 13.1. The van der Waals surface area contributed by atoms with Gasteiger partial charge >= 0.3 is 0 Å². The highest BCUT2D eigenvalue weighted by Gasteiger charge is 2.50. The lowest BCUT2D eigenvalue weighted by atomic mass is 9.70. The molecule has 0 radical (unpaired) electrons. The molecule has 3 fully saturated rings. The van der Waals surface area contributed by atoms with Crippen LogP contribution in [0.2, 0.25) is 0 Å². The molecule has 4 heterocycles. The lowest BCUT2D eigenvalue weighted by Crippen LogP contribution is -2.66. The number of ether oxygens (including phenoxy) is 1. The van der Waals surface area contributed by atoms with Gasteiger partial charge in [-0.05, 0) is 67.3 Å². The number of aromatic nitrogens is 2. The Morgan fingerprint density at radius 1 is 1.19 bits per heavy atom. The van der Waals surface area contributed by atoms with Gasteiger partial charge in [0.15, 0.2) is 5.69 Å². The molecule has 0 aliphatic carbocycles. The topological polar surface area (TPSA) is 75.6 Å². The molecule has 7 nitrogen and oxygen atoms in total. The number of piperidine rings is 3.